The molecule has 1 aliphatic carbocycles. The lowest BCUT2D eigenvalue weighted by molar-refractivity contribution is -0.000525. The number of ether oxygens (including phenoxy) is 2. The van der Waals surface area contributed by atoms with Crippen LogP contribution in [0.1, 0.15) is 22.3 Å². The second kappa shape index (κ2) is 8.00. The molecule has 0 aromatic heterocycles. The van der Waals surface area contributed by atoms with Crippen molar-refractivity contribution >= 4 is 12.1 Å². The Kier molecular flexibility index (Phi) is 5.28. The van der Waals surface area contributed by atoms with Gasteiger partial charge in [-0.2, -0.15) is 0 Å². The predicted molar refractivity (Wildman–Crippen MR) is 100 cm³/mol. The second-order valence-electron chi connectivity index (χ2n) is 7.36. The van der Waals surface area contributed by atoms with Gasteiger partial charge in [-0.1, -0.05) is 48.5 Å². The van der Waals surface area contributed by atoms with Gasteiger partial charge in [-0.05, 0) is 30.0 Å². The quantitative estimate of drug-likeness (QED) is 0.753. The molecule has 2 aliphatic rings. The second-order valence-corrected chi connectivity index (χ2v) is 7.36. The highest BCUT2D eigenvalue weighted by molar-refractivity contribution is 5.89. The molecule has 2 fully saturated rings. The first-order chi connectivity index (χ1) is 13.6. The number of alkyl halides is 1. The number of halogens is 1. The molecule has 4 rings (SSSR count). The topological polar surface area (TPSA) is 55.8 Å². The Labute approximate surface area is 163 Å². The molecule has 6 heteroatoms. The smallest absolute Gasteiger partial charge is 0.410 e. The number of rotatable bonds is 4. The third-order valence-corrected chi connectivity index (χ3v) is 5.51. The van der Waals surface area contributed by atoms with Gasteiger partial charge in [0.1, 0.15) is 18.9 Å². The van der Waals surface area contributed by atoms with Crippen LogP contribution in [0.15, 0.2) is 60.7 Å². The standard InChI is InChI=1S/C22H22FNO4/c23-19-11-17-12-24(22(26)27-14-15-7-3-1-4-8-15)13-18(17)20(19)28-21(25)16-9-5-2-6-10-16/h1-10,17-20H,11-14H2. The number of carbonyl (C=O) groups is 2. The molecule has 4 unspecified atom stereocenters. The Morgan fingerprint density at radius 1 is 1.00 bits per heavy atom. The van der Waals surface area contributed by atoms with Crippen LogP contribution >= 0.6 is 0 Å². The molecule has 146 valence electrons. The van der Waals surface area contributed by atoms with E-state index in [1.165, 1.54) is 0 Å². The van der Waals surface area contributed by atoms with Crippen molar-refractivity contribution in [3.8, 4) is 0 Å². The van der Waals surface area contributed by atoms with Crippen molar-refractivity contribution in [2.45, 2.75) is 25.3 Å². The summed E-state index contributed by atoms with van der Waals surface area (Å²) in [6.07, 6.45) is -2.16. The van der Waals surface area contributed by atoms with Crippen molar-refractivity contribution in [3.63, 3.8) is 0 Å². The summed E-state index contributed by atoms with van der Waals surface area (Å²) in [5.41, 5.74) is 1.31. The minimum atomic E-state index is -1.20. The summed E-state index contributed by atoms with van der Waals surface area (Å²) in [5, 5.41) is 0. The maximum Gasteiger partial charge on any atom is 0.410 e. The molecular formula is C22H22FNO4. The number of hydrogen-bond donors (Lipinski definition) is 0. The van der Waals surface area contributed by atoms with E-state index in [1.807, 2.05) is 30.3 Å². The van der Waals surface area contributed by atoms with Crippen molar-refractivity contribution in [3.05, 3.63) is 71.8 Å². The molecule has 1 saturated heterocycles. The maximum atomic E-state index is 14.5. The van der Waals surface area contributed by atoms with Crippen LogP contribution in [0.25, 0.3) is 0 Å². The number of fused-ring (bicyclic) bond motifs is 1. The average Bonchev–Trinajstić information content (AvgIpc) is 3.26. The Hall–Kier alpha value is -2.89. The molecule has 0 N–H and O–H groups in total. The van der Waals surface area contributed by atoms with Gasteiger partial charge in [-0.3, -0.25) is 0 Å². The third-order valence-electron chi connectivity index (χ3n) is 5.51. The number of carbonyl (C=O) groups excluding carboxylic acids is 2. The molecule has 28 heavy (non-hydrogen) atoms. The zero-order chi connectivity index (χ0) is 19.5. The summed E-state index contributed by atoms with van der Waals surface area (Å²) in [6, 6.07) is 18.0. The van der Waals surface area contributed by atoms with Crippen molar-refractivity contribution < 1.29 is 23.5 Å². The molecule has 0 bridgehead atoms. The first kappa shape index (κ1) is 18.5. The zero-order valence-corrected chi connectivity index (χ0v) is 15.4. The highest BCUT2D eigenvalue weighted by Gasteiger charge is 2.51. The van der Waals surface area contributed by atoms with E-state index < -0.39 is 24.3 Å². The highest BCUT2D eigenvalue weighted by Crippen LogP contribution is 2.42. The molecule has 2 aromatic carbocycles. The summed E-state index contributed by atoms with van der Waals surface area (Å²) in [4.78, 5) is 26.3. The van der Waals surface area contributed by atoms with Crippen molar-refractivity contribution in [2.75, 3.05) is 13.1 Å². The van der Waals surface area contributed by atoms with Crippen LogP contribution in [0, 0.1) is 11.8 Å². The predicted octanol–water partition coefficient (Wildman–Crippen LogP) is 3.84. The number of hydrogen-bond acceptors (Lipinski definition) is 4. The summed E-state index contributed by atoms with van der Waals surface area (Å²) in [6.45, 7) is 0.965. The van der Waals surface area contributed by atoms with E-state index in [0.717, 1.165) is 5.56 Å². The van der Waals surface area contributed by atoms with E-state index in [0.29, 0.717) is 25.1 Å². The molecule has 5 nitrogen and oxygen atoms in total. The van der Waals surface area contributed by atoms with Gasteiger partial charge >= 0.3 is 12.1 Å². The minimum absolute atomic E-state index is 0.0205. The fraction of sp³-hybridized carbons (Fsp3) is 0.364. The van der Waals surface area contributed by atoms with Gasteiger partial charge in [-0.15, -0.1) is 0 Å². The summed E-state index contributed by atoms with van der Waals surface area (Å²) >= 11 is 0. The lowest BCUT2D eigenvalue weighted by atomic mass is 9.99. The molecular weight excluding hydrogens is 361 g/mol. The van der Waals surface area contributed by atoms with Crippen molar-refractivity contribution in [2.24, 2.45) is 11.8 Å². The number of amides is 1. The number of esters is 1. The SMILES string of the molecule is O=C(OC1C(F)CC2CN(C(=O)OCc3ccccc3)CC21)c1ccccc1. The van der Waals surface area contributed by atoms with Crippen molar-refractivity contribution in [1.82, 2.24) is 4.90 Å². The molecule has 1 aliphatic heterocycles. The molecule has 1 amide bonds. The Balaban J connectivity index is 1.35. The lowest BCUT2D eigenvalue weighted by Gasteiger charge is -2.22. The van der Waals surface area contributed by atoms with Crippen LogP contribution in [-0.4, -0.2) is 42.3 Å². The van der Waals surface area contributed by atoms with E-state index in [9.17, 15) is 14.0 Å². The number of likely N-dealkylation sites (tertiary alicyclic amines) is 1. The average molecular weight is 383 g/mol. The summed E-state index contributed by atoms with van der Waals surface area (Å²) < 4.78 is 25.3. The van der Waals surface area contributed by atoms with Crippen LogP contribution in [0.2, 0.25) is 0 Å². The van der Waals surface area contributed by atoms with Crippen LogP contribution in [-0.2, 0) is 16.1 Å². The van der Waals surface area contributed by atoms with E-state index in [4.69, 9.17) is 9.47 Å². The van der Waals surface area contributed by atoms with Gasteiger partial charge in [0.05, 0.1) is 5.56 Å². The first-order valence-corrected chi connectivity index (χ1v) is 9.47. The molecule has 2 aromatic rings. The largest absolute Gasteiger partial charge is 0.455 e. The minimum Gasteiger partial charge on any atom is -0.455 e. The molecule has 0 radical (unpaired) electrons. The Bertz CT molecular complexity index is 829. The monoisotopic (exact) mass is 383 g/mol. The normalized spacial score (nSPS) is 26.0. The lowest BCUT2D eigenvalue weighted by Crippen LogP contribution is -2.35. The van der Waals surface area contributed by atoms with E-state index in [2.05, 4.69) is 0 Å². The first-order valence-electron chi connectivity index (χ1n) is 9.47. The van der Waals surface area contributed by atoms with Gasteiger partial charge < -0.3 is 14.4 Å². The summed E-state index contributed by atoms with van der Waals surface area (Å²) in [5.74, 6) is -0.751. The Morgan fingerprint density at radius 2 is 1.68 bits per heavy atom. The van der Waals surface area contributed by atoms with E-state index in [-0.39, 0.29) is 18.4 Å². The van der Waals surface area contributed by atoms with Crippen LogP contribution in [0.4, 0.5) is 9.18 Å². The fourth-order valence-corrected chi connectivity index (χ4v) is 4.10. The van der Waals surface area contributed by atoms with Gasteiger partial charge in [0, 0.05) is 19.0 Å². The Morgan fingerprint density at radius 3 is 2.39 bits per heavy atom. The van der Waals surface area contributed by atoms with Crippen LogP contribution < -0.4 is 0 Å². The number of nitrogens with zero attached hydrogens (tertiary/aromatic N) is 1. The fourth-order valence-electron chi connectivity index (χ4n) is 4.10. The van der Waals surface area contributed by atoms with Crippen molar-refractivity contribution in [1.29, 1.82) is 0 Å². The molecule has 1 saturated carbocycles. The van der Waals surface area contributed by atoms with Gasteiger partial charge in [0.15, 0.2) is 0 Å². The van der Waals surface area contributed by atoms with Gasteiger partial charge in [0.2, 0.25) is 0 Å². The summed E-state index contributed by atoms with van der Waals surface area (Å²) in [7, 11) is 0. The molecule has 0 spiro atoms. The molecule has 4 atom stereocenters. The number of benzene rings is 2. The van der Waals surface area contributed by atoms with Crippen LogP contribution in [0.3, 0.4) is 0 Å². The molecule has 1 heterocycles. The highest BCUT2D eigenvalue weighted by atomic mass is 19.1. The van der Waals surface area contributed by atoms with E-state index >= 15 is 0 Å². The van der Waals surface area contributed by atoms with Gasteiger partial charge in [0.25, 0.3) is 0 Å². The zero-order valence-electron chi connectivity index (χ0n) is 15.4. The van der Waals surface area contributed by atoms with E-state index in [1.54, 1.807) is 35.2 Å². The van der Waals surface area contributed by atoms with Crippen LogP contribution in [0.5, 0.6) is 0 Å². The third kappa shape index (κ3) is 3.86. The maximum absolute atomic E-state index is 14.5. The van der Waals surface area contributed by atoms with Gasteiger partial charge in [-0.25, -0.2) is 14.0 Å².